The average molecular weight is 489 g/mol. The van der Waals surface area contributed by atoms with Crippen LogP contribution in [0.4, 0.5) is 9.80 Å². The molecule has 2 aliphatic rings. The highest BCUT2D eigenvalue weighted by Gasteiger charge is 2.43. The molecule has 0 unspecified atom stereocenters. The van der Waals surface area contributed by atoms with E-state index in [2.05, 4.69) is 49.0 Å². The van der Waals surface area contributed by atoms with Crippen molar-refractivity contribution in [1.82, 2.24) is 20.0 Å². The molecule has 1 aliphatic carbocycles. The van der Waals surface area contributed by atoms with Crippen LogP contribution in [0.2, 0.25) is 0 Å². The Kier molecular flexibility index (Phi) is 9.34. The van der Waals surface area contributed by atoms with Crippen LogP contribution < -0.4 is 11.1 Å². The molecule has 1 aromatic rings. The molecule has 9 heteroatoms. The van der Waals surface area contributed by atoms with Crippen LogP contribution in [0.25, 0.3) is 0 Å². The number of nitriles is 1. The fraction of sp³-hybridized carbons (Fsp3) is 0.720. The van der Waals surface area contributed by atoms with Crippen LogP contribution in [-0.4, -0.2) is 79.0 Å². The monoisotopic (exact) mass is 488 g/mol. The van der Waals surface area contributed by atoms with Gasteiger partial charge >= 0.3 is 6.03 Å². The lowest BCUT2D eigenvalue weighted by Gasteiger charge is -2.45. The number of imide groups is 1. The number of carbonyl (C=O) groups is 2. The topological polar surface area (TPSA) is 106 Å². The Balaban J connectivity index is 1.70. The first-order chi connectivity index (χ1) is 16.3. The van der Waals surface area contributed by atoms with E-state index < -0.39 is 0 Å². The summed E-state index contributed by atoms with van der Waals surface area (Å²) < 4.78 is 0. The Morgan fingerprint density at radius 3 is 2.62 bits per heavy atom. The lowest BCUT2D eigenvalue weighted by molar-refractivity contribution is -0.136. The molecule has 8 nitrogen and oxygen atoms in total. The number of nitrogens with one attached hydrogen (secondary N) is 1. The van der Waals surface area contributed by atoms with Crippen LogP contribution in [0.15, 0.2) is 0 Å². The second-order valence-corrected chi connectivity index (χ2v) is 10.7. The molecule has 3 atom stereocenters. The molecule has 1 fully saturated rings. The van der Waals surface area contributed by atoms with Crippen LogP contribution in [0, 0.1) is 23.2 Å². The molecule has 0 radical (unpaired) electrons. The van der Waals surface area contributed by atoms with Crippen molar-refractivity contribution in [3.05, 3.63) is 16.0 Å². The van der Waals surface area contributed by atoms with Crippen LogP contribution in [-0.2, 0) is 17.6 Å². The first-order valence-electron chi connectivity index (χ1n) is 12.7. The van der Waals surface area contributed by atoms with E-state index in [1.165, 1.54) is 21.1 Å². The third kappa shape index (κ3) is 5.73. The van der Waals surface area contributed by atoms with Crippen molar-refractivity contribution in [2.75, 3.05) is 52.0 Å². The van der Waals surface area contributed by atoms with E-state index in [0.717, 1.165) is 57.3 Å². The normalized spacial score (nSPS) is 22.1. The number of urea groups is 1. The largest absolute Gasteiger partial charge is 0.389 e. The quantitative estimate of drug-likeness (QED) is 0.554. The minimum Gasteiger partial charge on any atom is -0.389 e. The predicted molar refractivity (Wildman–Crippen MR) is 137 cm³/mol. The highest BCUT2D eigenvalue weighted by Crippen LogP contribution is 2.43. The van der Waals surface area contributed by atoms with Crippen LogP contribution in [0.1, 0.15) is 56.0 Å². The molecule has 0 saturated carbocycles. The molecule has 2 heterocycles. The number of nitrogens with two attached hydrogens (primary N) is 1. The van der Waals surface area contributed by atoms with Crippen LogP contribution in [0.5, 0.6) is 0 Å². The maximum atomic E-state index is 13.6. The maximum Gasteiger partial charge on any atom is 0.324 e. The number of piperidine rings is 1. The van der Waals surface area contributed by atoms with Crippen molar-refractivity contribution in [2.24, 2.45) is 11.8 Å². The summed E-state index contributed by atoms with van der Waals surface area (Å²) in [6, 6.07) is 2.34. The minimum atomic E-state index is -0.279. The molecule has 0 spiro atoms. The van der Waals surface area contributed by atoms with Crippen molar-refractivity contribution in [2.45, 2.75) is 58.9 Å². The minimum absolute atomic E-state index is 0.0739. The Morgan fingerprint density at radius 2 is 1.97 bits per heavy atom. The standard InChI is InChI=1S/C25H40N6O2S/c1-5-8-10-31(25(33)28-9-11-30(6-2)7-3)24(32)18-12-17-13-19-20(15-26)23(27)34-22(19)14-21(17)29(4)16-18/h17-18,21H,5-14,16,27H2,1-4H3,(H,28,33)/t17-,18-,21-/m1/s1. The maximum absolute atomic E-state index is 13.6. The molecular weight excluding hydrogens is 448 g/mol. The number of nitrogens with zero attached hydrogens (tertiary/aromatic N) is 4. The molecule has 1 aromatic heterocycles. The first-order valence-corrected chi connectivity index (χ1v) is 13.5. The van der Waals surface area contributed by atoms with Gasteiger partial charge in [-0.2, -0.15) is 5.26 Å². The Hall–Kier alpha value is -2.15. The second-order valence-electron chi connectivity index (χ2n) is 9.56. The number of hydrogen-bond acceptors (Lipinski definition) is 7. The highest BCUT2D eigenvalue weighted by atomic mass is 32.1. The number of nitrogen functional groups attached to an aromatic ring is 1. The van der Waals surface area contributed by atoms with E-state index in [1.54, 1.807) is 0 Å². The number of anilines is 1. The SMILES string of the molecule is CCCCN(C(=O)NCCN(CC)CC)C(=O)[C@@H]1C[C@@H]2Cc3c(sc(N)c3C#N)C[C@H]2N(C)C1. The van der Waals surface area contributed by atoms with Gasteiger partial charge in [0.2, 0.25) is 5.91 Å². The molecular formula is C25H40N6O2S. The van der Waals surface area contributed by atoms with Gasteiger partial charge in [-0.25, -0.2) is 4.79 Å². The third-order valence-corrected chi connectivity index (χ3v) is 8.57. The summed E-state index contributed by atoms with van der Waals surface area (Å²) in [4.78, 5) is 33.8. The zero-order valence-corrected chi connectivity index (χ0v) is 21.9. The fourth-order valence-electron chi connectivity index (χ4n) is 5.45. The van der Waals surface area contributed by atoms with Crippen molar-refractivity contribution in [3.8, 4) is 6.07 Å². The summed E-state index contributed by atoms with van der Waals surface area (Å²) in [5.74, 6) is -0.0185. The summed E-state index contributed by atoms with van der Waals surface area (Å²) in [6.45, 7) is 10.6. The van der Waals surface area contributed by atoms with Gasteiger partial charge in [0.25, 0.3) is 0 Å². The van der Waals surface area contributed by atoms with E-state index >= 15 is 0 Å². The number of carbonyl (C=O) groups excluding carboxylic acids is 2. The molecule has 3 amide bonds. The zero-order valence-electron chi connectivity index (χ0n) is 21.1. The summed E-state index contributed by atoms with van der Waals surface area (Å²) in [5.41, 5.74) is 7.79. The third-order valence-electron chi connectivity index (χ3n) is 7.49. The van der Waals surface area contributed by atoms with Gasteiger partial charge in [-0.05, 0) is 57.3 Å². The zero-order chi connectivity index (χ0) is 24.8. The molecule has 1 saturated heterocycles. The Bertz CT molecular complexity index is 906. The molecule has 34 heavy (non-hydrogen) atoms. The second kappa shape index (κ2) is 12.0. The number of hydrogen-bond donors (Lipinski definition) is 2. The number of rotatable bonds is 9. The number of fused-ring (bicyclic) bond motifs is 2. The van der Waals surface area contributed by atoms with E-state index in [1.807, 2.05) is 0 Å². The van der Waals surface area contributed by atoms with Crippen molar-refractivity contribution < 1.29 is 9.59 Å². The van der Waals surface area contributed by atoms with E-state index in [0.29, 0.717) is 36.2 Å². The summed E-state index contributed by atoms with van der Waals surface area (Å²) in [7, 11) is 2.07. The molecule has 0 aromatic carbocycles. The van der Waals surface area contributed by atoms with Gasteiger partial charge in [-0.1, -0.05) is 27.2 Å². The molecule has 0 bridgehead atoms. The number of likely N-dealkylation sites (tertiary alicyclic amines) is 1. The summed E-state index contributed by atoms with van der Waals surface area (Å²) in [6.07, 6.45) is 4.11. The van der Waals surface area contributed by atoms with Crippen molar-refractivity contribution >= 4 is 28.3 Å². The van der Waals surface area contributed by atoms with Crippen molar-refractivity contribution in [3.63, 3.8) is 0 Å². The first kappa shape index (κ1) is 26.5. The van der Waals surface area contributed by atoms with E-state index in [4.69, 9.17) is 5.73 Å². The molecule has 3 rings (SSSR count). The average Bonchev–Trinajstić information content (AvgIpc) is 3.14. The van der Waals surface area contributed by atoms with Gasteiger partial charge in [0.15, 0.2) is 0 Å². The fourth-order valence-corrected chi connectivity index (χ4v) is 6.55. The van der Waals surface area contributed by atoms with Crippen LogP contribution in [0.3, 0.4) is 0 Å². The predicted octanol–water partition coefficient (Wildman–Crippen LogP) is 2.92. The van der Waals surface area contributed by atoms with Gasteiger partial charge in [-0.15, -0.1) is 11.3 Å². The van der Waals surface area contributed by atoms with Gasteiger partial charge in [0.05, 0.1) is 11.5 Å². The highest BCUT2D eigenvalue weighted by molar-refractivity contribution is 7.16. The van der Waals surface area contributed by atoms with Crippen molar-refractivity contribution in [1.29, 1.82) is 5.26 Å². The van der Waals surface area contributed by atoms with E-state index in [-0.39, 0.29) is 23.8 Å². The molecule has 1 aliphatic heterocycles. The van der Waals surface area contributed by atoms with E-state index in [9.17, 15) is 14.9 Å². The summed E-state index contributed by atoms with van der Waals surface area (Å²) >= 11 is 1.53. The van der Waals surface area contributed by atoms with Crippen LogP contribution >= 0.6 is 11.3 Å². The number of thiophene rings is 1. The van der Waals surface area contributed by atoms with Gasteiger partial charge < -0.3 is 20.9 Å². The van der Waals surface area contributed by atoms with Gasteiger partial charge in [0, 0.05) is 37.1 Å². The molecule has 3 N–H and O–H groups in total. The molecule has 188 valence electrons. The lowest BCUT2D eigenvalue weighted by Crippen LogP contribution is -2.55. The van der Waals surface area contributed by atoms with Gasteiger partial charge in [-0.3, -0.25) is 9.69 Å². The number of amides is 3. The number of unbranched alkanes of at least 4 members (excludes halogenated alkanes) is 1. The lowest BCUT2D eigenvalue weighted by atomic mass is 9.74. The Labute approximate surface area is 208 Å². The summed E-state index contributed by atoms with van der Waals surface area (Å²) in [5, 5.41) is 13.1. The smallest absolute Gasteiger partial charge is 0.324 e. The Morgan fingerprint density at radius 1 is 1.24 bits per heavy atom. The number of likely N-dealkylation sites (N-methyl/N-ethyl adjacent to an activating group) is 2. The van der Waals surface area contributed by atoms with Gasteiger partial charge in [0.1, 0.15) is 11.1 Å².